The molecule has 26 heavy (non-hydrogen) atoms. The lowest BCUT2D eigenvalue weighted by Gasteiger charge is -2.18. The minimum absolute atomic E-state index is 0.592. The summed E-state index contributed by atoms with van der Waals surface area (Å²) in [4.78, 5) is 0. The highest BCUT2D eigenvalue weighted by Crippen LogP contribution is 2.39. The molecule has 0 amide bonds. The van der Waals surface area contributed by atoms with Gasteiger partial charge in [0.15, 0.2) is 0 Å². The van der Waals surface area contributed by atoms with Crippen LogP contribution in [0.25, 0.3) is 11.1 Å². The third-order valence-corrected chi connectivity index (χ3v) is 6.05. The number of hydrogen-bond donors (Lipinski definition) is 0. The van der Waals surface area contributed by atoms with E-state index in [1.54, 1.807) is 0 Å². The molecule has 1 aliphatic rings. The second-order valence-corrected chi connectivity index (χ2v) is 7.74. The van der Waals surface area contributed by atoms with E-state index in [2.05, 4.69) is 86.6 Å². The van der Waals surface area contributed by atoms with Crippen molar-refractivity contribution in [3.8, 4) is 11.1 Å². The van der Waals surface area contributed by atoms with Crippen LogP contribution in [0.15, 0.2) is 72.8 Å². The Morgan fingerprint density at radius 1 is 0.885 bits per heavy atom. The number of aryl methyl sites for hydroxylation is 1. The molecule has 1 unspecified atom stereocenters. The molecule has 0 saturated heterocycles. The minimum atomic E-state index is 0.592. The predicted octanol–water partition coefficient (Wildman–Crippen LogP) is 7.14. The highest BCUT2D eigenvalue weighted by atomic mass is 14.2. The summed E-state index contributed by atoms with van der Waals surface area (Å²) in [7, 11) is 0. The second-order valence-electron chi connectivity index (χ2n) is 7.74. The van der Waals surface area contributed by atoms with Crippen LogP contribution in [0.1, 0.15) is 60.8 Å². The second kappa shape index (κ2) is 7.50. The number of rotatable bonds is 4. The molecule has 1 aliphatic carbocycles. The zero-order valence-electron chi connectivity index (χ0n) is 15.9. The average Bonchev–Trinajstić information content (AvgIpc) is 2.84. The molecule has 0 bridgehead atoms. The molecule has 132 valence electrons. The van der Waals surface area contributed by atoms with E-state index < -0.39 is 0 Å². The van der Waals surface area contributed by atoms with Crippen molar-refractivity contribution >= 4 is 0 Å². The van der Waals surface area contributed by atoms with Crippen molar-refractivity contribution < 1.29 is 0 Å². The van der Waals surface area contributed by atoms with Gasteiger partial charge in [-0.3, -0.25) is 0 Å². The molecule has 0 aromatic heterocycles. The zero-order chi connectivity index (χ0) is 17.9. The highest BCUT2D eigenvalue weighted by molar-refractivity contribution is 5.73. The summed E-state index contributed by atoms with van der Waals surface area (Å²) in [6, 6.07) is 27.2. The first-order valence-electron chi connectivity index (χ1n) is 10.0. The quantitative estimate of drug-likeness (QED) is 0.473. The Morgan fingerprint density at radius 3 is 2.46 bits per heavy atom. The van der Waals surface area contributed by atoms with Crippen molar-refractivity contribution in [2.45, 2.75) is 51.4 Å². The van der Waals surface area contributed by atoms with Crippen LogP contribution in [-0.2, 0) is 12.8 Å². The van der Waals surface area contributed by atoms with Crippen molar-refractivity contribution in [2.75, 3.05) is 0 Å². The van der Waals surface area contributed by atoms with Gasteiger partial charge in [-0.25, -0.2) is 0 Å². The van der Waals surface area contributed by atoms with Crippen molar-refractivity contribution in [1.82, 2.24) is 0 Å². The Bertz CT molecular complexity index is 876. The fraction of sp³-hybridized carbons (Fsp3) is 0.308. The summed E-state index contributed by atoms with van der Waals surface area (Å²) in [5.74, 6) is 1.23. The SMILES string of the molecule is CC[C@@H](Cc1ccc2c(c1)-c1ccccc1C(C)CC2)c1ccccc1. The van der Waals surface area contributed by atoms with Crippen LogP contribution in [-0.4, -0.2) is 0 Å². The average molecular weight is 341 g/mol. The monoisotopic (exact) mass is 340 g/mol. The number of benzene rings is 3. The molecule has 0 spiro atoms. The molecule has 0 saturated carbocycles. The van der Waals surface area contributed by atoms with E-state index in [1.807, 2.05) is 0 Å². The van der Waals surface area contributed by atoms with Crippen molar-refractivity contribution in [2.24, 2.45) is 0 Å². The van der Waals surface area contributed by atoms with E-state index >= 15 is 0 Å². The Morgan fingerprint density at radius 2 is 1.65 bits per heavy atom. The Kier molecular flexibility index (Phi) is 4.93. The van der Waals surface area contributed by atoms with E-state index in [0.29, 0.717) is 11.8 Å². The first-order chi connectivity index (χ1) is 12.8. The summed E-state index contributed by atoms with van der Waals surface area (Å²) >= 11 is 0. The summed E-state index contributed by atoms with van der Waals surface area (Å²) < 4.78 is 0. The van der Waals surface area contributed by atoms with Gasteiger partial charge in [0.05, 0.1) is 0 Å². The normalized spacial score (nSPS) is 17.1. The van der Waals surface area contributed by atoms with Gasteiger partial charge >= 0.3 is 0 Å². The van der Waals surface area contributed by atoms with Crippen LogP contribution in [0.4, 0.5) is 0 Å². The topological polar surface area (TPSA) is 0 Å². The van der Waals surface area contributed by atoms with E-state index in [4.69, 9.17) is 0 Å². The molecule has 0 N–H and O–H groups in total. The lowest BCUT2D eigenvalue weighted by molar-refractivity contribution is 0.660. The molecule has 4 rings (SSSR count). The molecule has 0 radical (unpaired) electrons. The van der Waals surface area contributed by atoms with Gasteiger partial charge < -0.3 is 0 Å². The molecule has 0 heterocycles. The van der Waals surface area contributed by atoms with Crippen molar-refractivity contribution in [3.05, 3.63) is 95.1 Å². The largest absolute Gasteiger partial charge is 0.0648 e. The van der Waals surface area contributed by atoms with Gasteiger partial charge in [-0.2, -0.15) is 0 Å². The molecular formula is C26H28. The molecule has 3 aromatic carbocycles. The summed E-state index contributed by atoms with van der Waals surface area (Å²) in [5.41, 5.74) is 8.85. The molecule has 0 nitrogen and oxygen atoms in total. The van der Waals surface area contributed by atoms with E-state index in [1.165, 1.54) is 52.6 Å². The van der Waals surface area contributed by atoms with Gasteiger partial charge in [0.25, 0.3) is 0 Å². The fourth-order valence-corrected chi connectivity index (χ4v) is 4.43. The van der Waals surface area contributed by atoms with Gasteiger partial charge in [0.1, 0.15) is 0 Å². The summed E-state index contributed by atoms with van der Waals surface area (Å²) in [6.07, 6.45) is 4.71. The molecule has 0 aliphatic heterocycles. The first kappa shape index (κ1) is 17.1. The first-order valence-corrected chi connectivity index (χ1v) is 10.0. The lowest BCUT2D eigenvalue weighted by atomic mass is 9.87. The van der Waals surface area contributed by atoms with Crippen LogP contribution in [0, 0.1) is 0 Å². The zero-order valence-corrected chi connectivity index (χ0v) is 15.9. The highest BCUT2D eigenvalue weighted by Gasteiger charge is 2.20. The molecule has 0 heteroatoms. The maximum atomic E-state index is 2.47. The lowest BCUT2D eigenvalue weighted by Crippen LogP contribution is -2.02. The number of hydrogen-bond acceptors (Lipinski definition) is 0. The van der Waals surface area contributed by atoms with Crippen molar-refractivity contribution in [3.63, 3.8) is 0 Å². The predicted molar refractivity (Wildman–Crippen MR) is 112 cm³/mol. The molecular weight excluding hydrogens is 312 g/mol. The standard InChI is InChI=1S/C26H28/c1-3-21(22-9-5-4-6-10-22)17-20-14-16-23-15-13-19(2)24-11-7-8-12-25(24)26(23)18-20/h4-12,14,16,18-19,21H,3,13,15,17H2,1-2H3/t19?,21-/m0/s1. The van der Waals surface area contributed by atoms with Crippen LogP contribution in [0.3, 0.4) is 0 Å². The smallest absolute Gasteiger partial charge is 0.0124 e. The van der Waals surface area contributed by atoms with Gasteiger partial charge in [0, 0.05) is 0 Å². The van der Waals surface area contributed by atoms with Crippen LogP contribution >= 0.6 is 0 Å². The Labute approximate surface area is 157 Å². The van der Waals surface area contributed by atoms with Gasteiger partial charge in [-0.05, 0) is 70.9 Å². The Balaban J connectivity index is 1.71. The fourth-order valence-electron chi connectivity index (χ4n) is 4.43. The molecule has 3 aromatic rings. The van der Waals surface area contributed by atoms with Crippen LogP contribution < -0.4 is 0 Å². The van der Waals surface area contributed by atoms with E-state index in [9.17, 15) is 0 Å². The molecule has 2 atom stereocenters. The minimum Gasteiger partial charge on any atom is -0.0648 e. The third kappa shape index (κ3) is 3.33. The molecule has 0 fully saturated rings. The van der Waals surface area contributed by atoms with Crippen LogP contribution in [0.5, 0.6) is 0 Å². The maximum absolute atomic E-state index is 2.47. The van der Waals surface area contributed by atoms with Crippen molar-refractivity contribution in [1.29, 1.82) is 0 Å². The van der Waals surface area contributed by atoms with Gasteiger partial charge in [-0.15, -0.1) is 0 Å². The van der Waals surface area contributed by atoms with E-state index in [-0.39, 0.29) is 0 Å². The van der Waals surface area contributed by atoms with Gasteiger partial charge in [-0.1, -0.05) is 86.6 Å². The maximum Gasteiger partial charge on any atom is -0.0124 e. The van der Waals surface area contributed by atoms with E-state index in [0.717, 1.165) is 6.42 Å². The summed E-state index contributed by atoms with van der Waals surface area (Å²) in [5, 5.41) is 0. The number of fused-ring (bicyclic) bond motifs is 3. The van der Waals surface area contributed by atoms with Gasteiger partial charge in [0.2, 0.25) is 0 Å². The Hall–Kier alpha value is -2.34. The van der Waals surface area contributed by atoms with Crippen LogP contribution in [0.2, 0.25) is 0 Å². The summed E-state index contributed by atoms with van der Waals surface area (Å²) in [6.45, 7) is 4.67. The third-order valence-electron chi connectivity index (χ3n) is 6.05.